The highest BCUT2D eigenvalue weighted by Gasteiger charge is 2.14. The number of thiazole rings is 1. The third-order valence-corrected chi connectivity index (χ3v) is 6.32. The molecule has 0 aliphatic rings. The second-order valence-corrected chi connectivity index (χ2v) is 8.88. The van der Waals surface area contributed by atoms with E-state index in [-0.39, 0.29) is 6.04 Å². The Labute approximate surface area is 189 Å². The van der Waals surface area contributed by atoms with Crippen molar-refractivity contribution >= 4 is 17.3 Å². The van der Waals surface area contributed by atoms with Gasteiger partial charge in [0.25, 0.3) is 0 Å². The molecule has 0 aliphatic heterocycles. The minimum absolute atomic E-state index is 0.247. The Balaban J connectivity index is 1.56. The van der Waals surface area contributed by atoms with Gasteiger partial charge < -0.3 is 10.6 Å². The van der Waals surface area contributed by atoms with Gasteiger partial charge in [-0.05, 0) is 51.7 Å². The fourth-order valence-electron chi connectivity index (χ4n) is 3.62. The first kappa shape index (κ1) is 23.0. The van der Waals surface area contributed by atoms with Crippen LogP contribution in [0, 0.1) is 13.8 Å². The summed E-state index contributed by atoms with van der Waals surface area (Å²) in [5, 5.41) is 14.7. The van der Waals surface area contributed by atoms with Crippen LogP contribution in [-0.4, -0.2) is 33.3 Å². The lowest BCUT2D eigenvalue weighted by Gasteiger charge is -2.18. The summed E-state index contributed by atoms with van der Waals surface area (Å²) >= 11 is 1.72. The van der Waals surface area contributed by atoms with E-state index in [0.29, 0.717) is 6.54 Å². The number of hydrogen-bond donors (Lipinski definition) is 2. The molecular formula is C24H34N6S. The topological polar surface area (TPSA) is 67.1 Å². The minimum atomic E-state index is 0.247. The summed E-state index contributed by atoms with van der Waals surface area (Å²) in [5.41, 5.74) is 6.00. The van der Waals surface area contributed by atoms with E-state index < -0.39 is 0 Å². The Kier molecular flexibility index (Phi) is 8.23. The number of rotatable bonds is 9. The van der Waals surface area contributed by atoms with E-state index in [1.807, 2.05) is 11.7 Å². The zero-order valence-electron chi connectivity index (χ0n) is 19.3. The number of guanidine groups is 1. The van der Waals surface area contributed by atoms with Crippen molar-refractivity contribution in [3.63, 3.8) is 0 Å². The third-order valence-electron chi connectivity index (χ3n) is 5.37. The Morgan fingerprint density at radius 3 is 2.65 bits per heavy atom. The quantitative estimate of drug-likeness (QED) is 0.392. The SMILES string of the molecule is CCNC(=NCc1csc(CCc2ccccc2)n1)NC(C)Cc1c(C)nn(C)c1C. The molecule has 0 bridgehead atoms. The molecule has 6 nitrogen and oxygen atoms in total. The molecule has 3 aromatic rings. The molecular weight excluding hydrogens is 404 g/mol. The van der Waals surface area contributed by atoms with Crippen LogP contribution in [0.15, 0.2) is 40.7 Å². The van der Waals surface area contributed by atoms with Gasteiger partial charge >= 0.3 is 0 Å². The van der Waals surface area contributed by atoms with Gasteiger partial charge in [0.15, 0.2) is 5.96 Å². The van der Waals surface area contributed by atoms with Crippen LogP contribution in [0.3, 0.4) is 0 Å². The number of benzene rings is 1. The molecule has 1 unspecified atom stereocenters. The largest absolute Gasteiger partial charge is 0.357 e. The zero-order chi connectivity index (χ0) is 22.2. The van der Waals surface area contributed by atoms with E-state index in [9.17, 15) is 0 Å². The molecule has 31 heavy (non-hydrogen) atoms. The molecule has 2 aromatic heterocycles. The van der Waals surface area contributed by atoms with Crippen LogP contribution in [-0.2, 0) is 32.9 Å². The van der Waals surface area contributed by atoms with Crippen LogP contribution in [0.1, 0.15) is 47.1 Å². The number of nitrogens with one attached hydrogen (secondary N) is 2. The summed E-state index contributed by atoms with van der Waals surface area (Å²) in [6.07, 6.45) is 2.90. The monoisotopic (exact) mass is 438 g/mol. The molecule has 0 aliphatic carbocycles. The van der Waals surface area contributed by atoms with Crippen molar-refractivity contribution in [3.05, 3.63) is 68.9 Å². The van der Waals surface area contributed by atoms with E-state index >= 15 is 0 Å². The Hall–Kier alpha value is -2.67. The van der Waals surface area contributed by atoms with Crippen molar-refractivity contribution < 1.29 is 0 Å². The van der Waals surface area contributed by atoms with Gasteiger partial charge in [0.2, 0.25) is 0 Å². The van der Waals surface area contributed by atoms with Gasteiger partial charge in [-0.25, -0.2) is 9.98 Å². The van der Waals surface area contributed by atoms with Gasteiger partial charge in [-0.3, -0.25) is 4.68 Å². The van der Waals surface area contributed by atoms with Crippen molar-refractivity contribution in [3.8, 4) is 0 Å². The van der Waals surface area contributed by atoms with Gasteiger partial charge in [-0.15, -0.1) is 11.3 Å². The van der Waals surface area contributed by atoms with Gasteiger partial charge in [0.05, 0.1) is 22.9 Å². The molecule has 0 amide bonds. The fourth-order valence-corrected chi connectivity index (χ4v) is 4.41. The van der Waals surface area contributed by atoms with Gasteiger partial charge in [0.1, 0.15) is 0 Å². The molecule has 2 heterocycles. The van der Waals surface area contributed by atoms with Gasteiger partial charge in [0, 0.05) is 37.1 Å². The Morgan fingerprint density at radius 1 is 1.19 bits per heavy atom. The van der Waals surface area contributed by atoms with Crippen LogP contribution in [0.5, 0.6) is 0 Å². The van der Waals surface area contributed by atoms with E-state index in [4.69, 9.17) is 9.98 Å². The summed E-state index contributed by atoms with van der Waals surface area (Å²) in [7, 11) is 2.00. The zero-order valence-corrected chi connectivity index (χ0v) is 20.1. The maximum Gasteiger partial charge on any atom is 0.191 e. The lowest BCUT2D eigenvalue weighted by atomic mass is 10.1. The second-order valence-electron chi connectivity index (χ2n) is 7.94. The molecule has 1 aromatic carbocycles. The smallest absolute Gasteiger partial charge is 0.191 e. The lowest BCUT2D eigenvalue weighted by molar-refractivity contribution is 0.635. The van der Waals surface area contributed by atoms with Gasteiger partial charge in [-0.2, -0.15) is 5.10 Å². The highest BCUT2D eigenvalue weighted by Crippen LogP contribution is 2.15. The predicted molar refractivity (Wildman–Crippen MR) is 130 cm³/mol. The molecule has 0 radical (unpaired) electrons. The summed E-state index contributed by atoms with van der Waals surface area (Å²) in [5.74, 6) is 0.827. The molecule has 0 saturated carbocycles. The van der Waals surface area contributed by atoms with Gasteiger partial charge in [-0.1, -0.05) is 30.3 Å². The molecule has 0 spiro atoms. The highest BCUT2D eigenvalue weighted by atomic mass is 32.1. The first-order chi connectivity index (χ1) is 15.0. The van der Waals surface area contributed by atoms with E-state index in [0.717, 1.165) is 43.2 Å². The van der Waals surface area contributed by atoms with Crippen molar-refractivity contribution in [1.29, 1.82) is 0 Å². The number of hydrogen-bond acceptors (Lipinski definition) is 4. The maximum absolute atomic E-state index is 4.78. The fraction of sp³-hybridized carbons (Fsp3) is 0.458. The Morgan fingerprint density at radius 2 is 1.97 bits per heavy atom. The number of aromatic nitrogens is 3. The Bertz CT molecular complexity index is 989. The normalized spacial score (nSPS) is 12.7. The van der Waals surface area contributed by atoms with Crippen molar-refractivity contribution in [1.82, 2.24) is 25.4 Å². The van der Waals surface area contributed by atoms with Crippen molar-refractivity contribution in [2.75, 3.05) is 6.54 Å². The number of nitrogens with zero attached hydrogens (tertiary/aromatic N) is 4. The standard InChI is InChI=1S/C24H34N6S/c1-6-25-24(27-17(2)14-22-18(3)29-30(5)19(22)4)26-15-21-16-31-23(28-21)13-12-20-10-8-7-9-11-20/h7-11,16-17H,6,12-15H2,1-5H3,(H2,25,26,27). The predicted octanol–water partition coefficient (Wildman–Crippen LogP) is 3.96. The summed E-state index contributed by atoms with van der Waals surface area (Å²) in [6, 6.07) is 10.8. The minimum Gasteiger partial charge on any atom is -0.357 e. The molecule has 1 atom stereocenters. The first-order valence-corrected chi connectivity index (χ1v) is 11.8. The average Bonchev–Trinajstić information content (AvgIpc) is 3.31. The number of aliphatic imine (C=N–C) groups is 1. The second kappa shape index (κ2) is 11.1. The average molecular weight is 439 g/mol. The highest BCUT2D eigenvalue weighted by molar-refractivity contribution is 7.09. The molecule has 2 N–H and O–H groups in total. The van der Waals surface area contributed by atoms with Crippen LogP contribution in [0.4, 0.5) is 0 Å². The molecule has 166 valence electrons. The van der Waals surface area contributed by atoms with Crippen LogP contribution in [0.2, 0.25) is 0 Å². The van der Waals surface area contributed by atoms with Crippen molar-refractivity contribution in [2.24, 2.45) is 12.0 Å². The van der Waals surface area contributed by atoms with E-state index in [2.05, 4.69) is 79.1 Å². The summed E-state index contributed by atoms with van der Waals surface area (Å²) in [6.45, 7) is 9.87. The van der Waals surface area contributed by atoms with E-state index in [1.165, 1.54) is 21.8 Å². The first-order valence-electron chi connectivity index (χ1n) is 11.0. The summed E-state index contributed by atoms with van der Waals surface area (Å²) < 4.78 is 1.95. The van der Waals surface area contributed by atoms with Crippen LogP contribution < -0.4 is 10.6 Å². The summed E-state index contributed by atoms with van der Waals surface area (Å²) in [4.78, 5) is 9.54. The molecule has 7 heteroatoms. The van der Waals surface area contributed by atoms with Crippen LogP contribution >= 0.6 is 11.3 Å². The van der Waals surface area contributed by atoms with E-state index in [1.54, 1.807) is 11.3 Å². The lowest BCUT2D eigenvalue weighted by Crippen LogP contribution is -2.43. The maximum atomic E-state index is 4.78. The molecule has 0 fully saturated rings. The molecule has 0 saturated heterocycles. The third kappa shape index (κ3) is 6.66. The molecule has 3 rings (SSSR count). The number of aryl methyl sites for hydroxylation is 4. The van der Waals surface area contributed by atoms with Crippen molar-refractivity contribution in [2.45, 2.75) is 59.5 Å². The van der Waals surface area contributed by atoms with Crippen LogP contribution in [0.25, 0.3) is 0 Å².